The molecule has 1 aliphatic heterocycles. The Balaban J connectivity index is 0.976. The van der Waals surface area contributed by atoms with Crippen LogP contribution in [0, 0.1) is 0 Å². The van der Waals surface area contributed by atoms with Crippen LogP contribution in [-0.4, -0.2) is 10.4 Å². The maximum atomic E-state index is 6.65. The van der Waals surface area contributed by atoms with Gasteiger partial charge in [-0.1, -0.05) is 127 Å². The molecule has 0 bridgehead atoms. The van der Waals surface area contributed by atoms with Crippen LogP contribution in [0.15, 0.2) is 196 Å². The summed E-state index contributed by atoms with van der Waals surface area (Å²) in [6, 6.07) is 63.7. The quantitative estimate of drug-likeness (QED) is 0.185. The first-order chi connectivity index (χ1) is 28.2. The monoisotopic (exact) mass is 734 g/mol. The van der Waals surface area contributed by atoms with Gasteiger partial charge in [0, 0.05) is 38.1 Å². The van der Waals surface area contributed by atoms with Crippen molar-refractivity contribution in [1.82, 2.24) is 15.2 Å². The first-order valence-corrected chi connectivity index (χ1v) is 19.4. The van der Waals surface area contributed by atoms with E-state index in [0.717, 1.165) is 83.2 Å². The fourth-order valence-corrected chi connectivity index (χ4v) is 8.90. The molecule has 2 N–H and O–H groups in total. The number of aliphatic imine (C=N–C) groups is 1. The maximum absolute atomic E-state index is 6.65. The highest BCUT2D eigenvalue weighted by Crippen LogP contribution is 2.41. The topological polar surface area (TPSA) is 67.6 Å². The highest BCUT2D eigenvalue weighted by molar-refractivity contribution is 6.15. The summed E-state index contributed by atoms with van der Waals surface area (Å²) < 4.78 is 15.5. The predicted octanol–water partition coefficient (Wildman–Crippen LogP) is 12.6. The van der Waals surface area contributed by atoms with Crippen LogP contribution in [0.25, 0.3) is 82.5 Å². The van der Waals surface area contributed by atoms with Gasteiger partial charge in [0.15, 0.2) is 0 Å². The zero-order valence-electron chi connectivity index (χ0n) is 30.7. The number of fused-ring (bicyclic) bond motifs is 9. The average Bonchev–Trinajstić information content (AvgIpc) is 3.96. The lowest BCUT2D eigenvalue weighted by atomic mass is 9.98. The van der Waals surface area contributed by atoms with Crippen molar-refractivity contribution in [1.29, 1.82) is 0 Å². The van der Waals surface area contributed by atoms with E-state index in [1.807, 2.05) is 24.3 Å². The minimum absolute atomic E-state index is 0.230. The molecule has 270 valence electrons. The third-order valence-electron chi connectivity index (χ3n) is 11.5. The van der Waals surface area contributed by atoms with Gasteiger partial charge in [-0.3, -0.25) is 5.32 Å². The lowest BCUT2D eigenvalue weighted by Crippen LogP contribution is -2.45. The number of aromatic nitrogens is 1. The van der Waals surface area contributed by atoms with Crippen LogP contribution >= 0.6 is 0 Å². The van der Waals surface area contributed by atoms with Gasteiger partial charge in [-0.2, -0.15) is 0 Å². The molecule has 2 atom stereocenters. The standard InChI is InChI=1S/C51H34N4O2/c1-3-13-31(14-4-1)49-52-50(32-15-5-2-6-16-32)54-51(53-49)38-19-11-23-44-47(38)39-29-33(26-28-43(39)56-44)34-25-27-37-46(30-34)57-45-24-12-22-42(48(37)45)55-40-20-9-7-17-35(40)36-18-8-10-21-41(36)55/h1-30,49,51,53H,(H,52,54). The van der Waals surface area contributed by atoms with Gasteiger partial charge in [0.1, 0.15) is 40.5 Å². The third-order valence-corrected chi connectivity index (χ3v) is 11.5. The second kappa shape index (κ2) is 12.6. The van der Waals surface area contributed by atoms with Crippen LogP contribution in [0.2, 0.25) is 0 Å². The van der Waals surface area contributed by atoms with Crippen molar-refractivity contribution in [3.8, 4) is 16.8 Å². The van der Waals surface area contributed by atoms with Crippen LogP contribution < -0.4 is 10.6 Å². The highest BCUT2D eigenvalue weighted by Gasteiger charge is 2.28. The van der Waals surface area contributed by atoms with Gasteiger partial charge < -0.3 is 18.7 Å². The Kier molecular flexibility index (Phi) is 7.03. The van der Waals surface area contributed by atoms with Crippen LogP contribution in [0.4, 0.5) is 0 Å². The summed E-state index contributed by atoms with van der Waals surface area (Å²) in [4.78, 5) is 5.13. The fraction of sp³-hybridized carbons (Fsp3) is 0.0392. The summed E-state index contributed by atoms with van der Waals surface area (Å²) in [6.07, 6.45) is -0.464. The number of furan rings is 2. The molecular weight excluding hydrogens is 701 g/mol. The van der Waals surface area contributed by atoms with Gasteiger partial charge in [-0.05, 0) is 71.3 Å². The zero-order chi connectivity index (χ0) is 37.5. The smallest absolute Gasteiger partial charge is 0.137 e. The Morgan fingerprint density at radius 1 is 0.456 bits per heavy atom. The summed E-state index contributed by atoms with van der Waals surface area (Å²) >= 11 is 0. The zero-order valence-corrected chi connectivity index (χ0v) is 30.7. The maximum Gasteiger partial charge on any atom is 0.137 e. The Morgan fingerprint density at radius 2 is 1.11 bits per heavy atom. The van der Waals surface area contributed by atoms with Crippen molar-refractivity contribution in [3.05, 3.63) is 199 Å². The number of hydrogen-bond donors (Lipinski definition) is 2. The molecule has 12 rings (SSSR count). The largest absolute Gasteiger partial charge is 0.456 e. The van der Waals surface area contributed by atoms with Crippen molar-refractivity contribution in [3.63, 3.8) is 0 Å². The molecule has 0 fully saturated rings. The van der Waals surface area contributed by atoms with E-state index in [0.29, 0.717) is 0 Å². The van der Waals surface area contributed by atoms with E-state index in [2.05, 4.69) is 173 Å². The highest BCUT2D eigenvalue weighted by atomic mass is 16.3. The van der Waals surface area contributed by atoms with Crippen molar-refractivity contribution in [2.24, 2.45) is 4.99 Å². The Hall–Kier alpha value is -7.41. The molecule has 3 aromatic heterocycles. The molecule has 8 aromatic carbocycles. The van der Waals surface area contributed by atoms with E-state index >= 15 is 0 Å². The molecular formula is C51H34N4O2. The molecule has 11 aromatic rings. The van der Waals surface area contributed by atoms with E-state index < -0.39 is 0 Å². The van der Waals surface area contributed by atoms with E-state index in [4.69, 9.17) is 13.8 Å². The molecule has 0 radical (unpaired) electrons. The van der Waals surface area contributed by atoms with E-state index in [9.17, 15) is 0 Å². The number of benzene rings is 8. The molecule has 6 nitrogen and oxygen atoms in total. The molecule has 57 heavy (non-hydrogen) atoms. The summed E-state index contributed by atoms with van der Waals surface area (Å²) in [6.45, 7) is 0. The van der Waals surface area contributed by atoms with Crippen molar-refractivity contribution >= 4 is 71.5 Å². The number of amidine groups is 1. The Labute approximate surface area is 327 Å². The Morgan fingerprint density at radius 3 is 1.89 bits per heavy atom. The summed E-state index contributed by atoms with van der Waals surface area (Å²) in [7, 11) is 0. The van der Waals surface area contributed by atoms with Crippen LogP contribution in [0.1, 0.15) is 29.0 Å². The van der Waals surface area contributed by atoms with Gasteiger partial charge in [0.05, 0.1) is 22.1 Å². The van der Waals surface area contributed by atoms with Crippen LogP contribution in [-0.2, 0) is 0 Å². The van der Waals surface area contributed by atoms with Crippen molar-refractivity contribution < 1.29 is 8.83 Å². The summed E-state index contributed by atoms with van der Waals surface area (Å²) in [5.41, 5.74) is 12.3. The Bertz CT molecular complexity index is 3320. The van der Waals surface area contributed by atoms with Gasteiger partial charge in [-0.15, -0.1) is 0 Å². The van der Waals surface area contributed by atoms with E-state index in [-0.39, 0.29) is 12.3 Å². The first kappa shape index (κ1) is 31.9. The van der Waals surface area contributed by atoms with Gasteiger partial charge in [-0.25, -0.2) is 4.99 Å². The van der Waals surface area contributed by atoms with E-state index in [1.165, 1.54) is 21.8 Å². The number of para-hydroxylation sites is 2. The molecule has 0 amide bonds. The van der Waals surface area contributed by atoms with Gasteiger partial charge in [0.2, 0.25) is 0 Å². The number of hydrogen-bond acceptors (Lipinski definition) is 5. The third kappa shape index (κ3) is 5.04. The lowest BCUT2D eigenvalue weighted by Gasteiger charge is -2.32. The normalized spacial score (nSPS) is 15.9. The SMILES string of the molecule is c1ccc(C2=NC(c3ccccc3)NC(c3cccc4oc5ccc(-c6ccc7c(c6)oc6cccc(-n8c9ccccc9c9ccccc98)c67)cc5c34)N2)cc1. The minimum Gasteiger partial charge on any atom is -0.456 e. The fourth-order valence-electron chi connectivity index (χ4n) is 8.90. The lowest BCUT2D eigenvalue weighted by molar-refractivity contribution is 0.411. The van der Waals surface area contributed by atoms with Gasteiger partial charge >= 0.3 is 0 Å². The average molecular weight is 735 g/mol. The predicted molar refractivity (Wildman–Crippen MR) is 232 cm³/mol. The van der Waals surface area contributed by atoms with Crippen molar-refractivity contribution in [2.45, 2.75) is 12.3 Å². The summed E-state index contributed by atoms with van der Waals surface area (Å²) in [5.74, 6) is 0.846. The summed E-state index contributed by atoms with van der Waals surface area (Å²) in [5, 5.41) is 14.3. The minimum atomic E-state index is -0.234. The number of nitrogens with one attached hydrogen (secondary N) is 2. The molecule has 0 aliphatic carbocycles. The van der Waals surface area contributed by atoms with Crippen molar-refractivity contribution in [2.75, 3.05) is 0 Å². The van der Waals surface area contributed by atoms with Crippen LogP contribution in [0.3, 0.4) is 0 Å². The molecule has 0 saturated heterocycles. The second-order valence-corrected chi connectivity index (χ2v) is 14.8. The number of nitrogens with zero attached hydrogens (tertiary/aromatic N) is 2. The van der Waals surface area contributed by atoms with Gasteiger partial charge in [0.25, 0.3) is 0 Å². The van der Waals surface area contributed by atoms with Crippen LogP contribution in [0.5, 0.6) is 0 Å². The first-order valence-electron chi connectivity index (χ1n) is 19.4. The second-order valence-electron chi connectivity index (χ2n) is 14.8. The molecule has 0 saturated carbocycles. The molecule has 4 heterocycles. The molecule has 6 heteroatoms. The molecule has 1 aliphatic rings. The number of rotatable bonds is 5. The van der Waals surface area contributed by atoms with E-state index in [1.54, 1.807) is 0 Å². The molecule has 2 unspecified atom stereocenters. The molecule has 0 spiro atoms.